The molecule has 0 unspecified atom stereocenters. The van der Waals surface area contributed by atoms with Crippen molar-refractivity contribution < 1.29 is 9.47 Å². The average molecular weight is 421 g/mol. The van der Waals surface area contributed by atoms with Gasteiger partial charge in [0.1, 0.15) is 12.4 Å². The fourth-order valence-electron chi connectivity index (χ4n) is 1.78. The predicted molar refractivity (Wildman–Crippen MR) is 103 cm³/mol. The number of ether oxygens (including phenoxy) is 2. The minimum Gasteiger partial charge on any atom is -0.492 e. The van der Waals surface area contributed by atoms with Crippen LogP contribution in [0.25, 0.3) is 0 Å². The molecular weight excluding hydrogens is 393 g/mol. The molecule has 5 nitrogen and oxygen atoms in total. The van der Waals surface area contributed by atoms with Crippen LogP contribution in [0, 0.1) is 6.92 Å². The number of aryl methyl sites for hydroxylation is 1. The Balaban J connectivity index is 0.00000441. The van der Waals surface area contributed by atoms with Crippen LogP contribution in [0.1, 0.15) is 18.9 Å². The molecule has 0 aliphatic carbocycles. The zero-order valence-corrected chi connectivity index (χ0v) is 16.1. The van der Waals surface area contributed by atoms with Gasteiger partial charge in [-0.15, -0.1) is 24.0 Å². The summed E-state index contributed by atoms with van der Waals surface area (Å²) in [6, 6.07) is 8.06. The Morgan fingerprint density at radius 3 is 2.73 bits per heavy atom. The molecule has 1 aromatic rings. The van der Waals surface area contributed by atoms with E-state index in [1.807, 2.05) is 18.2 Å². The topological polar surface area (TPSA) is 54.9 Å². The number of rotatable bonds is 9. The van der Waals surface area contributed by atoms with Crippen LogP contribution in [0.5, 0.6) is 5.75 Å². The highest BCUT2D eigenvalue weighted by atomic mass is 127. The molecular formula is C16H28IN3O2. The molecule has 0 saturated carbocycles. The van der Waals surface area contributed by atoms with Gasteiger partial charge in [-0.3, -0.25) is 4.99 Å². The lowest BCUT2D eigenvalue weighted by molar-refractivity contribution is 0.197. The molecule has 126 valence electrons. The van der Waals surface area contributed by atoms with Gasteiger partial charge in [-0.05, 0) is 38.0 Å². The molecule has 0 bridgehead atoms. The van der Waals surface area contributed by atoms with Gasteiger partial charge in [0.05, 0.1) is 6.54 Å². The minimum atomic E-state index is 0. The Labute approximate surface area is 150 Å². The second-order valence-corrected chi connectivity index (χ2v) is 4.70. The molecule has 0 saturated heterocycles. The van der Waals surface area contributed by atoms with Gasteiger partial charge in [-0.1, -0.05) is 12.1 Å². The van der Waals surface area contributed by atoms with E-state index < -0.39 is 0 Å². The minimum absolute atomic E-state index is 0. The Morgan fingerprint density at radius 2 is 2.05 bits per heavy atom. The number of nitrogens with zero attached hydrogens (tertiary/aromatic N) is 1. The molecule has 0 aliphatic heterocycles. The van der Waals surface area contributed by atoms with Crippen LogP contribution in [0.4, 0.5) is 0 Å². The molecule has 2 N–H and O–H groups in total. The van der Waals surface area contributed by atoms with Crippen molar-refractivity contribution in [1.29, 1.82) is 0 Å². The molecule has 1 rings (SSSR count). The zero-order valence-electron chi connectivity index (χ0n) is 13.7. The zero-order chi connectivity index (χ0) is 15.3. The van der Waals surface area contributed by atoms with Crippen molar-refractivity contribution in [2.75, 3.05) is 40.0 Å². The quantitative estimate of drug-likeness (QED) is 0.279. The van der Waals surface area contributed by atoms with Crippen molar-refractivity contribution in [2.24, 2.45) is 4.99 Å². The van der Waals surface area contributed by atoms with Gasteiger partial charge in [0.25, 0.3) is 0 Å². The van der Waals surface area contributed by atoms with E-state index in [0.717, 1.165) is 37.8 Å². The van der Waals surface area contributed by atoms with Gasteiger partial charge in [0.2, 0.25) is 0 Å². The average Bonchev–Trinajstić information content (AvgIpc) is 2.48. The van der Waals surface area contributed by atoms with Crippen LogP contribution in [-0.4, -0.2) is 45.9 Å². The van der Waals surface area contributed by atoms with Crippen LogP contribution in [0.3, 0.4) is 0 Å². The van der Waals surface area contributed by atoms with Gasteiger partial charge in [-0.25, -0.2) is 0 Å². The Bertz CT molecular complexity index is 428. The van der Waals surface area contributed by atoms with E-state index in [2.05, 4.69) is 35.5 Å². The highest BCUT2D eigenvalue weighted by Gasteiger charge is 1.97. The standard InChI is InChI=1S/C16H27N3O2.HI/c1-4-17-16(18-9-6-11-20-3)19-10-12-21-15-8-5-7-14(2)13-15;/h5,7-8,13H,4,6,9-12H2,1-3H3,(H2,17,18,19);1H. The number of benzene rings is 1. The Hall–Kier alpha value is -1.02. The number of guanidine groups is 1. The van der Waals surface area contributed by atoms with E-state index in [1.54, 1.807) is 7.11 Å². The van der Waals surface area contributed by atoms with Gasteiger partial charge >= 0.3 is 0 Å². The van der Waals surface area contributed by atoms with Crippen LogP contribution >= 0.6 is 24.0 Å². The Morgan fingerprint density at radius 1 is 1.23 bits per heavy atom. The van der Waals surface area contributed by atoms with Gasteiger partial charge in [0.15, 0.2) is 5.96 Å². The van der Waals surface area contributed by atoms with Crippen molar-refractivity contribution in [3.8, 4) is 5.75 Å². The molecule has 0 fully saturated rings. The molecule has 0 atom stereocenters. The summed E-state index contributed by atoms with van der Waals surface area (Å²) < 4.78 is 10.7. The summed E-state index contributed by atoms with van der Waals surface area (Å²) in [5.41, 5.74) is 1.20. The maximum Gasteiger partial charge on any atom is 0.191 e. The highest BCUT2D eigenvalue weighted by Crippen LogP contribution is 2.11. The molecule has 0 radical (unpaired) electrons. The summed E-state index contributed by atoms with van der Waals surface area (Å²) in [5.74, 6) is 1.72. The number of hydrogen-bond donors (Lipinski definition) is 2. The maximum atomic E-state index is 5.69. The van der Waals surface area contributed by atoms with Crippen LogP contribution in [-0.2, 0) is 4.74 Å². The normalized spacial score (nSPS) is 10.8. The Kier molecular flexibility index (Phi) is 13.0. The molecule has 1 aromatic carbocycles. The molecule has 0 spiro atoms. The van der Waals surface area contributed by atoms with Crippen LogP contribution in [0.15, 0.2) is 29.3 Å². The SMILES string of the molecule is CCNC(=NCCCOC)NCCOc1cccc(C)c1.I. The number of aliphatic imine (C=N–C) groups is 1. The third kappa shape index (κ3) is 9.83. The first-order valence-electron chi connectivity index (χ1n) is 7.47. The first-order valence-corrected chi connectivity index (χ1v) is 7.47. The molecule has 22 heavy (non-hydrogen) atoms. The smallest absolute Gasteiger partial charge is 0.191 e. The summed E-state index contributed by atoms with van der Waals surface area (Å²) in [4.78, 5) is 4.47. The summed E-state index contributed by atoms with van der Waals surface area (Å²) in [6.07, 6.45) is 0.923. The maximum absolute atomic E-state index is 5.69. The summed E-state index contributed by atoms with van der Waals surface area (Å²) in [5, 5.41) is 6.47. The van der Waals surface area contributed by atoms with E-state index >= 15 is 0 Å². The van der Waals surface area contributed by atoms with Crippen molar-refractivity contribution in [3.05, 3.63) is 29.8 Å². The van der Waals surface area contributed by atoms with E-state index in [-0.39, 0.29) is 24.0 Å². The number of methoxy groups -OCH3 is 1. The predicted octanol–water partition coefficient (Wildman–Crippen LogP) is 2.58. The molecule has 0 aromatic heterocycles. The van der Waals surface area contributed by atoms with Gasteiger partial charge in [-0.2, -0.15) is 0 Å². The van der Waals surface area contributed by atoms with Gasteiger partial charge in [0, 0.05) is 26.8 Å². The molecule has 0 aliphatic rings. The first-order chi connectivity index (χ1) is 10.3. The lowest BCUT2D eigenvalue weighted by Gasteiger charge is -2.12. The highest BCUT2D eigenvalue weighted by molar-refractivity contribution is 14.0. The number of nitrogens with one attached hydrogen (secondary N) is 2. The van der Waals surface area contributed by atoms with Crippen molar-refractivity contribution in [2.45, 2.75) is 20.3 Å². The summed E-state index contributed by atoms with van der Waals surface area (Å²) >= 11 is 0. The van der Waals surface area contributed by atoms with E-state index in [4.69, 9.17) is 9.47 Å². The fraction of sp³-hybridized carbons (Fsp3) is 0.562. The lowest BCUT2D eigenvalue weighted by atomic mass is 10.2. The van der Waals surface area contributed by atoms with Crippen molar-refractivity contribution >= 4 is 29.9 Å². The molecule has 0 amide bonds. The third-order valence-corrected chi connectivity index (χ3v) is 2.77. The molecule has 0 heterocycles. The van der Waals surface area contributed by atoms with Crippen LogP contribution in [0.2, 0.25) is 0 Å². The van der Waals surface area contributed by atoms with Gasteiger partial charge < -0.3 is 20.1 Å². The second kappa shape index (κ2) is 13.6. The van der Waals surface area contributed by atoms with Crippen molar-refractivity contribution in [1.82, 2.24) is 10.6 Å². The second-order valence-electron chi connectivity index (χ2n) is 4.70. The number of halogens is 1. The summed E-state index contributed by atoms with van der Waals surface area (Å²) in [6.45, 7) is 7.75. The summed E-state index contributed by atoms with van der Waals surface area (Å²) in [7, 11) is 1.70. The largest absolute Gasteiger partial charge is 0.492 e. The van der Waals surface area contributed by atoms with Crippen molar-refractivity contribution in [3.63, 3.8) is 0 Å². The third-order valence-electron chi connectivity index (χ3n) is 2.77. The van der Waals surface area contributed by atoms with E-state index in [1.165, 1.54) is 5.56 Å². The number of hydrogen-bond acceptors (Lipinski definition) is 3. The monoisotopic (exact) mass is 421 g/mol. The van der Waals surface area contributed by atoms with Crippen LogP contribution < -0.4 is 15.4 Å². The van der Waals surface area contributed by atoms with E-state index in [9.17, 15) is 0 Å². The first kappa shape index (κ1) is 21.0. The molecule has 6 heteroatoms. The van der Waals surface area contributed by atoms with E-state index in [0.29, 0.717) is 13.2 Å². The lowest BCUT2D eigenvalue weighted by Crippen LogP contribution is -2.39. The fourth-order valence-corrected chi connectivity index (χ4v) is 1.78.